The Kier molecular flexibility index (Phi) is 3.85. The highest BCUT2D eigenvalue weighted by Gasteiger charge is 2.56. The molecular weight excluding hydrogens is 307 g/mol. The molecule has 6 atom stereocenters. The van der Waals surface area contributed by atoms with Crippen LogP contribution in [0.3, 0.4) is 0 Å². The van der Waals surface area contributed by atoms with Gasteiger partial charge in [0.25, 0.3) is 0 Å². The third-order valence-electron chi connectivity index (χ3n) is 7.48. The van der Waals surface area contributed by atoms with E-state index in [9.17, 15) is 14.0 Å². The molecule has 24 heavy (non-hydrogen) atoms. The van der Waals surface area contributed by atoms with Crippen molar-refractivity contribution in [1.29, 1.82) is 0 Å². The van der Waals surface area contributed by atoms with Crippen molar-refractivity contribution in [3.63, 3.8) is 0 Å². The minimum atomic E-state index is -1.28. The van der Waals surface area contributed by atoms with Gasteiger partial charge in [0.15, 0.2) is 12.0 Å². The van der Waals surface area contributed by atoms with Crippen LogP contribution in [0.2, 0.25) is 0 Å². The summed E-state index contributed by atoms with van der Waals surface area (Å²) in [4.78, 5) is 23.2. The lowest BCUT2D eigenvalue weighted by molar-refractivity contribution is -0.155. The minimum absolute atomic E-state index is 0.0400. The Morgan fingerprint density at radius 2 is 2.04 bits per heavy atom. The molecule has 0 heterocycles. The normalized spacial score (nSPS) is 44.6. The van der Waals surface area contributed by atoms with Gasteiger partial charge >= 0.3 is 5.97 Å². The molecule has 6 unspecified atom stereocenters. The lowest BCUT2D eigenvalue weighted by atomic mass is 9.54. The second-order valence-electron chi connectivity index (χ2n) is 8.58. The van der Waals surface area contributed by atoms with Gasteiger partial charge in [-0.05, 0) is 56.3 Å². The Morgan fingerprint density at radius 1 is 1.25 bits per heavy atom. The first-order valence-electron chi connectivity index (χ1n) is 9.45. The molecule has 0 aromatic rings. The zero-order valence-electron chi connectivity index (χ0n) is 14.6. The van der Waals surface area contributed by atoms with Gasteiger partial charge in [-0.1, -0.05) is 18.1 Å². The van der Waals surface area contributed by atoms with Gasteiger partial charge in [0.05, 0.1) is 0 Å². The van der Waals surface area contributed by atoms with E-state index in [1.54, 1.807) is 0 Å². The van der Waals surface area contributed by atoms with Crippen molar-refractivity contribution in [3.05, 3.63) is 11.1 Å². The number of hydrogen-bond acceptors (Lipinski definition) is 3. The van der Waals surface area contributed by atoms with Crippen LogP contribution in [0.15, 0.2) is 11.1 Å². The number of rotatable bonds is 1. The summed E-state index contributed by atoms with van der Waals surface area (Å²) in [5.41, 5.74) is 2.59. The number of esters is 1. The summed E-state index contributed by atoms with van der Waals surface area (Å²) in [6.07, 6.45) is 5.67. The summed E-state index contributed by atoms with van der Waals surface area (Å²) in [5, 5.41) is 0. The lowest BCUT2D eigenvalue weighted by Gasteiger charge is -2.51. The van der Waals surface area contributed by atoms with Crippen LogP contribution < -0.4 is 0 Å². The summed E-state index contributed by atoms with van der Waals surface area (Å²) in [6, 6.07) is 0. The van der Waals surface area contributed by atoms with Crippen LogP contribution in [0.5, 0.6) is 0 Å². The third kappa shape index (κ3) is 2.36. The summed E-state index contributed by atoms with van der Waals surface area (Å²) in [7, 11) is 0. The first-order valence-corrected chi connectivity index (χ1v) is 9.45. The van der Waals surface area contributed by atoms with Crippen molar-refractivity contribution in [3.8, 4) is 0 Å². The molecule has 0 aliphatic heterocycles. The summed E-state index contributed by atoms with van der Waals surface area (Å²) < 4.78 is 19.7. The van der Waals surface area contributed by atoms with Gasteiger partial charge in [-0.25, -0.2) is 4.39 Å². The number of ketones is 1. The fourth-order valence-electron chi connectivity index (χ4n) is 6.36. The van der Waals surface area contributed by atoms with E-state index >= 15 is 0 Å². The maximum Gasteiger partial charge on any atom is 0.302 e. The van der Waals surface area contributed by atoms with Crippen LogP contribution in [-0.2, 0) is 14.3 Å². The fraction of sp³-hybridized carbons (Fsp3) is 0.800. The number of fused-ring (bicyclic) bond motifs is 4. The van der Waals surface area contributed by atoms with E-state index in [0.29, 0.717) is 30.6 Å². The predicted molar refractivity (Wildman–Crippen MR) is 88.0 cm³/mol. The number of allylic oxidation sites excluding steroid dienone is 2. The van der Waals surface area contributed by atoms with Crippen molar-refractivity contribution in [2.24, 2.45) is 23.2 Å². The van der Waals surface area contributed by atoms with Crippen LogP contribution >= 0.6 is 0 Å². The lowest BCUT2D eigenvalue weighted by Crippen LogP contribution is -2.46. The highest BCUT2D eigenvalue weighted by atomic mass is 19.1. The molecule has 0 amide bonds. The largest absolute Gasteiger partial charge is 0.462 e. The number of carbonyl (C=O) groups excluding carboxylic acids is 2. The average Bonchev–Trinajstić information content (AvgIpc) is 2.85. The number of ether oxygens (including phenoxy) is 1. The number of carbonyl (C=O) groups is 2. The van der Waals surface area contributed by atoms with E-state index in [2.05, 4.69) is 6.92 Å². The van der Waals surface area contributed by atoms with Gasteiger partial charge < -0.3 is 4.74 Å². The van der Waals surface area contributed by atoms with E-state index in [0.717, 1.165) is 38.5 Å². The first kappa shape index (κ1) is 16.3. The third-order valence-corrected chi connectivity index (χ3v) is 7.48. The Balaban J connectivity index is 1.59. The minimum Gasteiger partial charge on any atom is -0.462 e. The maximum atomic E-state index is 14.0. The SMILES string of the molecule is CC(=O)OC1CCC2C3CCC4=C(CC(F)C(=O)C4)C3CCC12C. The van der Waals surface area contributed by atoms with Gasteiger partial charge in [0.1, 0.15) is 6.10 Å². The molecule has 0 N–H and O–H groups in total. The number of halogens is 1. The van der Waals surface area contributed by atoms with Crippen molar-refractivity contribution < 1.29 is 18.7 Å². The average molecular weight is 334 g/mol. The van der Waals surface area contributed by atoms with Crippen LogP contribution in [-0.4, -0.2) is 24.0 Å². The molecule has 0 aromatic carbocycles. The Labute approximate surface area is 143 Å². The Morgan fingerprint density at radius 3 is 2.79 bits per heavy atom. The smallest absolute Gasteiger partial charge is 0.302 e. The molecule has 0 bridgehead atoms. The van der Waals surface area contributed by atoms with Crippen molar-refractivity contribution >= 4 is 11.8 Å². The van der Waals surface area contributed by atoms with Crippen LogP contribution in [0.1, 0.15) is 65.2 Å². The molecule has 4 rings (SSSR count). The zero-order valence-corrected chi connectivity index (χ0v) is 14.6. The van der Waals surface area contributed by atoms with E-state index in [4.69, 9.17) is 4.74 Å². The summed E-state index contributed by atoms with van der Waals surface area (Å²) >= 11 is 0. The van der Waals surface area contributed by atoms with Gasteiger partial charge in [-0.15, -0.1) is 0 Å². The Bertz CT molecular complexity index is 610. The second-order valence-corrected chi connectivity index (χ2v) is 8.58. The maximum absolute atomic E-state index is 14.0. The van der Waals surface area contributed by atoms with E-state index < -0.39 is 6.17 Å². The van der Waals surface area contributed by atoms with Gasteiger partial charge in [0.2, 0.25) is 0 Å². The standard InChI is InChI=1S/C20H27FO3/c1-11(22)24-19-6-5-16-14-4-3-12-9-18(23)17(21)10-15(12)13(14)7-8-20(16,19)2/h13-14,16-17,19H,3-10H2,1-2H3. The van der Waals surface area contributed by atoms with E-state index in [1.165, 1.54) is 18.1 Å². The van der Waals surface area contributed by atoms with Crippen molar-refractivity contribution in [2.75, 3.05) is 0 Å². The molecule has 0 radical (unpaired) electrons. The predicted octanol–water partition coefficient (Wildman–Crippen LogP) is 4.15. The van der Waals surface area contributed by atoms with Gasteiger partial charge in [0, 0.05) is 25.2 Å². The molecule has 132 valence electrons. The molecular formula is C20H27FO3. The quantitative estimate of drug-likeness (QED) is 0.534. The molecule has 0 spiro atoms. The molecule has 2 saturated carbocycles. The molecule has 0 aromatic heterocycles. The summed E-state index contributed by atoms with van der Waals surface area (Å²) in [5.74, 6) is 1.19. The highest BCUT2D eigenvalue weighted by Crippen LogP contribution is 2.61. The van der Waals surface area contributed by atoms with Crippen LogP contribution in [0.4, 0.5) is 4.39 Å². The number of Topliss-reactive ketones (excluding diaryl/α,β-unsaturated/α-hetero) is 1. The van der Waals surface area contributed by atoms with Crippen molar-refractivity contribution in [2.45, 2.75) is 77.5 Å². The Hall–Kier alpha value is -1.19. The first-order chi connectivity index (χ1) is 11.4. The number of hydrogen-bond donors (Lipinski definition) is 0. The highest BCUT2D eigenvalue weighted by molar-refractivity contribution is 5.87. The summed E-state index contributed by atoms with van der Waals surface area (Å²) in [6.45, 7) is 3.79. The topological polar surface area (TPSA) is 43.4 Å². The molecule has 4 heteroatoms. The number of alkyl halides is 1. The molecule has 0 saturated heterocycles. The van der Waals surface area contributed by atoms with Crippen LogP contribution in [0.25, 0.3) is 0 Å². The van der Waals surface area contributed by atoms with Gasteiger partial charge in [-0.2, -0.15) is 0 Å². The fourth-order valence-corrected chi connectivity index (χ4v) is 6.36. The molecule has 4 aliphatic carbocycles. The molecule has 3 nitrogen and oxygen atoms in total. The van der Waals surface area contributed by atoms with Gasteiger partial charge in [-0.3, -0.25) is 9.59 Å². The zero-order chi connectivity index (χ0) is 17.1. The van der Waals surface area contributed by atoms with Crippen molar-refractivity contribution in [1.82, 2.24) is 0 Å². The molecule has 4 aliphatic rings. The molecule has 2 fully saturated rings. The van der Waals surface area contributed by atoms with E-state index in [-0.39, 0.29) is 23.3 Å². The monoisotopic (exact) mass is 334 g/mol. The van der Waals surface area contributed by atoms with Crippen LogP contribution in [0, 0.1) is 23.2 Å². The van der Waals surface area contributed by atoms with E-state index in [1.807, 2.05) is 0 Å². The second kappa shape index (κ2) is 5.67.